The third-order valence-electron chi connectivity index (χ3n) is 7.93. The number of alkyl halides is 6. The first kappa shape index (κ1) is 31.6. The maximum Gasteiger partial charge on any atom is 0.573 e. The van der Waals surface area contributed by atoms with E-state index in [0.29, 0.717) is 30.6 Å². The third kappa shape index (κ3) is 6.95. The lowest BCUT2D eigenvalue weighted by Gasteiger charge is -2.32. The van der Waals surface area contributed by atoms with E-state index in [2.05, 4.69) is 19.6 Å². The van der Waals surface area contributed by atoms with Crippen LogP contribution >= 0.6 is 0 Å². The van der Waals surface area contributed by atoms with Crippen molar-refractivity contribution in [2.45, 2.75) is 82.6 Å². The van der Waals surface area contributed by atoms with Gasteiger partial charge in [0.2, 0.25) is 0 Å². The number of esters is 1. The number of hydrogen-bond acceptors (Lipinski definition) is 8. The minimum atomic E-state index is -4.89. The van der Waals surface area contributed by atoms with E-state index < -0.39 is 35.4 Å². The number of benzene rings is 1. The minimum absolute atomic E-state index is 0.0131. The predicted octanol–water partition coefficient (Wildman–Crippen LogP) is 7.67. The highest BCUT2D eigenvalue weighted by Crippen LogP contribution is 2.46. The first-order valence-electron chi connectivity index (χ1n) is 14.3. The number of carbonyl (C=O) groups is 1. The quantitative estimate of drug-likeness (QED) is 0.122. The molecule has 3 heterocycles. The molecule has 44 heavy (non-hydrogen) atoms. The minimum Gasteiger partial charge on any atom is -0.465 e. The molecule has 1 aliphatic carbocycles. The van der Waals surface area contributed by atoms with Gasteiger partial charge in [-0.05, 0) is 56.7 Å². The highest BCUT2D eigenvalue weighted by Gasteiger charge is 2.40. The van der Waals surface area contributed by atoms with E-state index in [4.69, 9.17) is 9.26 Å². The molecule has 0 bridgehead atoms. The molecule has 3 aromatic rings. The number of hydrogen-bond donors (Lipinski definition) is 0. The van der Waals surface area contributed by atoms with Gasteiger partial charge in [0.05, 0.1) is 24.8 Å². The molecule has 238 valence electrons. The summed E-state index contributed by atoms with van der Waals surface area (Å²) in [5.41, 5.74) is -0.915. The fraction of sp³-hybridized carbons (Fsp3) is 0.500. The lowest BCUT2D eigenvalue weighted by atomic mass is 10.0. The number of ether oxygens (including phenoxy) is 3. The number of pyridine rings is 1. The Morgan fingerprint density at radius 3 is 2.45 bits per heavy atom. The van der Waals surface area contributed by atoms with Crippen LogP contribution in [0.2, 0.25) is 0 Å². The van der Waals surface area contributed by atoms with E-state index >= 15 is 0 Å². The van der Waals surface area contributed by atoms with Crippen LogP contribution in [0.15, 0.2) is 41.1 Å². The molecule has 1 saturated heterocycles. The molecule has 2 aliphatic rings. The average Bonchev–Trinajstić information content (AvgIpc) is 3.60. The van der Waals surface area contributed by atoms with E-state index in [-0.39, 0.29) is 48.3 Å². The van der Waals surface area contributed by atoms with E-state index in [1.54, 1.807) is 6.07 Å². The van der Waals surface area contributed by atoms with Crippen molar-refractivity contribution in [3.05, 3.63) is 59.0 Å². The highest BCUT2D eigenvalue weighted by atomic mass is 19.4. The Bertz CT molecular complexity index is 1470. The van der Waals surface area contributed by atoms with Crippen LogP contribution in [0.3, 0.4) is 0 Å². The zero-order valence-corrected chi connectivity index (χ0v) is 24.0. The molecule has 1 aliphatic heterocycles. The molecule has 0 radical (unpaired) electrons. The topological polar surface area (TPSA) is 86.9 Å². The number of anilines is 1. The lowest BCUT2D eigenvalue weighted by molar-refractivity contribution is -0.274. The molecule has 14 heteroatoms. The van der Waals surface area contributed by atoms with Gasteiger partial charge >= 0.3 is 18.5 Å². The van der Waals surface area contributed by atoms with Gasteiger partial charge in [0.25, 0.3) is 0 Å². The summed E-state index contributed by atoms with van der Waals surface area (Å²) in [6.45, 7) is 2.16. The molecule has 2 fully saturated rings. The van der Waals surface area contributed by atoms with Crippen LogP contribution in [0, 0.1) is 0 Å². The second kappa shape index (κ2) is 12.7. The SMILES string of the molecule is CCC1CC[C@@H](CCOCc2c(-c3ccccc3OC(F)(F)F)noc2C2CC2)N1c1cc(C(F)(F)F)c(C(=O)OC)cn1. The highest BCUT2D eigenvalue weighted by molar-refractivity contribution is 5.91. The number of aromatic nitrogens is 2. The van der Waals surface area contributed by atoms with Crippen LogP contribution in [0.5, 0.6) is 5.75 Å². The van der Waals surface area contributed by atoms with Crippen LogP contribution in [-0.4, -0.2) is 48.3 Å². The molecular formula is C30H31F6N3O5. The fourth-order valence-electron chi connectivity index (χ4n) is 5.72. The normalized spacial score (nSPS) is 19.0. The molecule has 8 nitrogen and oxygen atoms in total. The number of rotatable bonds is 11. The van der Waals surface area contributed by atoms with Gasteiger partial charge in [-0.2, -0.15) is 13.2 Å². The first-order valence-corrected chi connectivity index (χ1v) is 14.3. The Hall–Kier alpha value is -3.81. The van der Waals surface area contributed by atoms with Gasteiger partial charge in [0.15, 0.2) is 0 Å². The van der Waals surface area contributed by atoms with Crippen molar-refractivity contribution in [2.75, 3.05) is 18.6 Å². The predicted molar refractivity (Wildman–Crippen MR) is 145 cm³/mol. The van der Waals surface area contributed by atoms with Crippen molar-refractivity contribution in [3.63, 3.8) is 0 Å². The summed E-state index contributed by atoms with van der Waals surface area (Å²) in [7, 11) is 1.01. The van der Waals surface area contributed by atoms with Crippen molar-refractivity contribution in [1.29, 1.82) is 0 Å². The average molecular weight is 628 g/mol. The van der Waals surface area contributed by atoms with Crippen LogP contribution in [-0.2, 0) is 22.3 Å². The molecule has 1 saturated carbocycles. The van der Waals surface area contributed by atoms with E-state index in [1.165, 1.54) is 18.2 Å². The van der Waals surface area contributed by atoms with Gasteiger partial charge < -0.3 is 23.6 Å². The van der Waals surface area contributed by atoms with Crippen molar-refractivity contribution in [2.24, 2.45) is 0 Å². The monoisotopic (exact) mass is 627 g/mol. The van der Waals surface area contributed by atoms with Gasteiger partial charge in [0, 0.05) is 41.9 Å². The number of methoxy groups -OCH3 is 1. The zero-order valence-electron chi connectivity index (χ0n) is 24.0. The smallest absolute Gasteiger partial charge is 0.465 e. The summed E-state index contributed by atoms with van der Waals surface area (Å²) in [6.07, 6.45) is -4.51. The maximum absolute atomic E-state index is 13.9. The molecular weight excluding hydrogens is 596 g/mol. The Morgan fingerprint density at radius 1 is 1.07 bits per heavy atom. The molecule has 1 aromatic carbocycles. The van der Waals surface area contributed by atoms with Crippen molar-refractivity contribution in [3.8, 4) is 17.0 Å². The van der Waals surface area contributed by atoms with E-state index in [0.717, 1.165) is 38.6 Å². The second-order valence-electron chi connectivity index (χ2n) is 10.8. The summed E-state index contributed by atoms with van der Waals surface area (Å²) >= 11 is 0. The summed E-state index contributed by atoms with van der Waals surface area (Å²) in [6, 6.07) is 6.30. The number of para-hydroxylation sites is 1. The zero-order chi connectivity index (χ0) is 31.6. The van der Waals surface area contributed by atoms with E-state index in [1.807, 2.05) is 11.8 Å². The van der Waals surface area contributed by atoms with Crippen molar-refractivity contribution in [1.82, 2.24) is 10.1 Å². The van der Waals surface area contributed by atoms with Gasteiger partial charge in [-0.15, -0.1) is 13.2 Å². The number of nitrogens with zero attached hydrogens (tertiary/aromatic N) is 3. The molecule has 0 N–H and O–H groups in total. The first-order chi connectivity index (χ1) is 20.9. The summed E-state index contributed by atoms with van der Waals surface area (Å²) in [5, 5.41) is 4.08. The van der Waals surface area contributed by atoms with Gasteiger partial charge in [-0.1, -0.05) is 24.2 Å². The van der Waals surface area contributed by atoms with Crippen LogP contribution in [0.1, 0.15) is 78.6 Å². The van der Waals surface area contributed by atoms with Crippen LogP contribution in [0.4, 0.5) is 32.2 Å². The largest absolute Gasteiger partial charge is 0.573 e. The maximum atomic E-state index is 13.9. The summed E-state index contributed by atoms with van der Waals surface area (Å²) < 4.78 is 101. The third-order valence-corrected chi connectivity index (χ3v) is 7.93. The molecule has 2 atom stereocenters. The molecule has 5 rings (SSSR count). The van der Waals surface area contributed by atoms with Crippen molar-refractivity contribution >= 4 is 11.8 Å². The van der Waals surface area contributed by atoms with Gasteiger partial charge in [-0.3, -0.25) is 0 Å². The standard InChI is InChI=1S/C30H31F6N3O5/c1-3-18-10-11-19(39(18)25-14-23(29(31,32)33)21(15-37-25)28(40)41-2)12-13-42-16-22-26(38-44-27(22)17-8-9-17)20-6-4-5-7-24(20)43-30(34,35)36/h4-7,14-15,17-19H,3,8-13,16H2,1-2H3/t18?,19-/m0/s1. The number of carbonyl (C=O) groups excluding carboxylic acids is 1. The van der Waals surface area contributed by atoms with Crippen LogP contribution in [0.25, 0.3) is 11.3 Å². The number of halogens is 6. The van der Waals surface area contributed by atoms with E-state index in [9.17, 15) is 31.1 Å². The lowest BCUT2D eigenvalue weighted by Crippen LogP contribution is -2.37. The Labute approximate surface area is 249 Å². The molecule has 0 spiro atoms. The van der Waals surface area contributed by atoms with Gasteiger partial charge in [0.1, 0.15) is 23.0 Å². The Balaban J connectivity index is 1.33. The second-order valence-corrected chi connectivity index (χ2v) is 10.8. The Morgan fingerprint density at radius 2 is 1.80 bits per heavy atom. The van der Waals surface area contributed by atoms with Gasteiger partial charge in [-0.25, -0.2) is 9.78 Å². The Kier molecular flexibility index (Phi) is 9.10. The van der Waals surface area contributed by atoms with Crippen molar-refractivity contribution < 1.29 is 49.9 Å². The molecule has 0 amide bonds. The fourth-order valence-corrected chi connectivity index (χ4v) is 5.72. The summed E-state index contributed by atoms with van der Waals surface area (Å²) in [5.74, 6) is -0.764. The summed E-state index contributed by atoms with van der Waals surface area (Å²) in [4.78, 5) is 18.0. The molecule has 1 unspecified atom stereocenters. The molecule has 2 aromatic heterocycles. The van der Waals surface area contributed by atoms with Crippen LogP contribution < -0.4 is 9.64 Å².